The van der Waals surface area contributed by atoms with Gasteiger partial charge >= 0.3 is 0 Å². The lowest BCUT2D eigenvalue weighted by molar-refractivity contribution is -0.150. The Hall–Kier alpha value is -0.120. The fourth-order valence-corrected chi connectivity index (χ4v) is 0.965. The highest BCUT2D eigenvalue weighted by Crippen LogP contribution is 2.02. The Morgan fingerprint density at radius 1 is 1.17 bits per heavy atom. The van der Waals surface area contributed by atoms with Crippen molar-refractivity contribution < 1.29 is 14.2 Å². The second-order valence-electron chi connectivity index (χ2n) is 2.83. The van der Waals surface area contributed by atoms with Crippen molar-refractivity contribution in [2.45, 2.75) is 39.1 Å². The molecular formula is C9H20O3. The lowest BCUT2D eigenvalue weighted by Crippen LogP contribution is -2.23. The third-order valence-electron chi connectivity index (χ3n) is 1.74. The first-order valence-corrected chi connectivity index (χ1v) is 4.41. The van der Waals surface area contributed by atoms with Gasteiger partial charge < -0.3 is 14.2 Å². The molecule has 0 saturated carbocycles. The Labute approximate surface area is 75.0 Å². The van der Waals surface area contributed by atoms with E-state index in [0.717, 1.165) is 12.8 Å². The molecule has 3 heteroatoms. The van der Waals surface area contributed by atoms with E-state index in [2.05, 4.69) is 13.8 Å². The summed E-state index contributed by atoms with van der Waals surface area (Å²) in [6, 6.07) is 0. The number of rotatable bonds is 7. The summed E-state index contributed by atoms with van der Waals surface area (Å²) in [5, 5.41) is 0. The Morgan fingerprint density at radius 2 is 1.75 bits per heavy atom. The largest absolute Gasteiger partial charge is 0.373 e. The molecule has 0 heterocycles. The topological polar surface area (TPSA) is 27.7 Å². The van der Waals surface area contributed by atoms with Crippen molar-refractivity contribution in [1.29, 1.82) is 0 Å². The molecule has 0 aromatic heterocycles. The molecule has 12 heavy (non-hydrogen) atoms. The van der Waals surface area contributed by atoms with Gasteiger partial charge in [0.15, 0.2) is 6.29 Å². The molecule has 0 bridgehead atoms. The third kappa shape index (κ3) is 5.52. The molecule has 74 valence electrons. The van der Waals surface area contributed by atoms with E-state index >= 15 is 0 Å². The monoisotopic (exact) mass is 176 g/mol. The zero-order valence-corrected chi connectivity index (χ0v) is 8.50. The maximum Gasteiger partial charge on any atom is 0.180 e. The number of ether oxygens (including phenoxy) is 3. The van der Waals surface area contributed by atoms with Gasteiger partial charge in [0, 0.05) is 14.2 Å². The van der Waals surface area contributed by atoms with Crippen molar-refractivity contribution in [3.63, 3.8) is 0 Å². The average molecular weight is 176 g/mol. The highest BCUT2D eigenvalue weighted by atomic mass is 16.7. The minimum absolute atomic E-state index is 0.232. The van der Waals surface area contributed by atoms with Gasteiger partial charge in [-0.1, -0.05) is 13.3 Å². The molecule has 0 N–H and O–H groups in total. The van der Waals surface area contributed by atoms with Crippen LogP contribution < -0.4 is 0 Å². The summed E-state index contributed by atoms with van der Waals surface area (Å²) in [6.45, 7) is 4.71. The van der Waals surface area contributed by atoms with Gasteiger partial charge in [0.25, 0.3) is 0 Å². The fraction of sp³-hybridized carbons (Fsp3) is 1.00. The molecule has 0 saturated heterocycles. The van der Waals surface area contributed by atoms with Crippen molar-refractivity contribution in [3.05, 3.63) is 0 Å². The summed E-state index contributed by atoms with van der Waals surface area (Å²) in [7, 11) is 3.23. The van der Waals surface area contributed by atoms with E-state index in [4.69, 9.17) is 14.2 Å². The van der Waals surface area contributed by atoms with E-state index in [0.29, 0.717) is 12.7 Å². The summed E-state index contributed by atoms with van der Waals surface area (Å²) in [6.07, 6.45) is 2.29. The van der Waals surface area contributed by atoms with E-state index in [-0.39, 0.29) is 6.29 Å². The fourth-order valence-electron chi connectivity index (χ4n) is 0.965. The van der Waals surface area contributed by atoms with Crippen molar-refractivity contribution in [2.75, 3.05) is 20.8 Å². The van der Waals surface area contributed by atoms with E-state index < -0.39 is 0 Å². The molecule has 0 amide bonds. The minimum atomic E-state index is -0.232. The van der Waals surface area contributed by atoms with E-state index in [1.807, 2.05) is 0 Å². The van der Waals surface area contributed by atoms with Crippen LogP contribution in [0.3, 0.4) is 0 Å². The molecule has 0 aliphatic rings. The highest BCUT2D eigenvalue weighted by molar-refractivity contribution is 4.49. The standard InChI is InChI=1S/C9H20O3/c1-5-6-8(2)12-7-9(10-3)11-4/h8-9H,5-7H2,1-4H3. The first-order chi connectivity index (χ1) is 5.74. The zero-order valence-electron chi connectivity index (χ0n) is 8.50. The highest BCUT2D eigenvalue weighted by Gasteiger charge is 2.07. The lowest BCUT2D eigenvalue weighted by atomic mass is 10.2. The van der Waals surface area contributed by atoms with Gasteiger partial charge in [-0.2, -0.15) is 0 Å². The van der Waals surface area contributed by atoms with Gasteiger partial charge in [-0.15, -0.1) is 0 Å². The summed E-state index contributed by atoms with van der Waals surface area (Å²) in [4.78, 5) is 0. The summed E-state index contributed by atoms with van der Waals surface area (Å²) >= 11 is 0. The van der Waals surface area contributed by atoms with Crippen molar-refractivity contribution in [3.8, 4) is 0 Å². The van der Waals surface area contributed by atoms with Crippen LogP contribution in [0.25, 0.3) is 0 Å². The molecule has 0 aliphatic carbocycles. The Balaban J connectivity index is 3.37. The summed E-state index contributed by atoms with van der Waals surface area (Å²) < 4.78 is 15.4. The molecule has 1 unspecified atom stereocenters. The van der Waals surface area contributed by atoms with Gasteiger partial charge in [-0.3, -0.25) is 0 Å². The molecule has 0 fully saturated rings. The SMILES string of the molecule is CCCC(C)OCC(OC)OC. The van der Waals surface area contributed by atoms with E-state index in [1.54, 1.807) is 14.2 Å². The number of hydrogen-bond donors (Lipinski definition) is 0. The van der Waals surface area contributed by atoms with Crippen LogP contribution in [0.4, 0.5) is 0 Å². The smallest absolute Gasteiger partial charge is 0.180 e. The average Bonchev–Trinajstić information content (AvgIpc) is 2.07. The second-order valence-corrected chi connectivity index (χ2v) is 2.83. The van der Waals surface area contributed by atoms with Crippen molar-refractivity contribution in [1.82, 2.24) is 0 Å². The second kappa shape index (κ2) is 7.53. The first kappa shape index (κ1) is 11.9. The van der Waals surface area contributed by atoms with Crippen molar-refractivity contribution in [2.24, 2.45) is 0 Å². The maximum atomic E-state index is 5.48. The van der Waals surface area contributed by atoms with E-state index in [1.165, 1.54) is 0 Å². The quantitative estimate of drug-likeness (QED) is 0.554. The zero-order chi connectivity index (χ0) is 9.40. The summed E-state index contributed by atoms with van der Waals surface area (Å²) in [5.41, 5.74) is 0. The van der Waals surface area contributed by atoms with Crippen LogP contribution in [0.5, 0.6) is 0 Å². The molecular weight excluding hydrogens is 156 g/mol. The Morgan fingerprint density at radius 3 is 2.17 bits per heavy atom. The van der Waals surface area contributed by atoms with Crippen LogP contribution in [-0.2, 0) is 14.2 Å². The van der Waals surface area contributed by atoms with Gasteiger partial charge in [-0.05, 0) is 13.3 Å². The van der Waals surface area contributed by atoms with Gasteiger partial charge in [0.05, 0.1) is 12.7 Å². The molecule has 0 aliphatic heterocycles. The summed E-state index contributed by atoms with van der Waals surface area (Å²) in [5.74, 6) is 0. The van der Waals surface area contributed by atoms with Gasteiger partial charge in [0.2, 0.25) is 0 Å². The van der Waals surface area contributed by atoms with Crippen molar-refractivity contribution >= 4 is 0 Å². The third-order valence-corrected chi connectivity index (χ3v) is 1.74. The number of hydrogen-bond acceptors (Lipinski definition) is 3. The lowest BCUT2D eigenvalue weighted by Gasteiger charge is -2.17. The molecule has 0 rings (SSSR count). The minimum Gasteiger partial charge on any atom is -0.373 e. The molecule has 0 radical (unpaired) electrons. The van der Waals surface area contributed by atoms with Crippen LogP contribution in [0.2, 0.25) is 0 Å². The molecule has 0 aromatic carbocycles. The van der Waals surface area contributed by atoms with Crippen LogP contribution in [0, 0.1) is 0 Å². The van der Waals surface area contributed by atoms with Gasteiger partial charge in [0.1, 0.15) is 0 Å². The normalized spacial score (nSPS) is 13.8. The molecule has 0 spiro atoms. The maximum absolute atomic E-state index is 5.48. The number of methoxy groups -OCH3 is 2. The predicted molar refractivity (Wildman–Crippen MR) is 48.1 cm³/mol. The van der Waals surface area contributed by atoms with Crippen LogP contribution in [-0.4, -0.2) is 33.2 Å². The van der Waals surface area contributed by atoms with Crippen LogP contribution in [0.15, 0.2) is 0 Å². The molecule has 3 nitrogen and oxygen atoms in total. The Bertz CT molecular complexity index is 91.8. The first-order valence-electron chi connectivity index (χ1n) is 4.41. The van der Waals surface area contributed by atoms with Gasteiger partial charge in [-0.25, -0.2) is 0 Å². The molecule has 1 atom stereocenters. The molecule has 0 aromatic rings. The van der Waals surface area contributed by atoms with E-state index in [9.17, 15) is 0 Å². The Kier molecular flexibility index (Phi) is 7.45. The predicted octanol–water partition coefficient (Wildman–Crippen LogP) is 1.81. The van der Waals surface area contributed by atoms with Crippen LogP contribution in [0.1, 0.15) is 26.7 Å². The van der Waals surface area contributed by atoms with Crippen LogP contribution >= 0.6 is 0 Å².